The molecule has 0 saturated carbocycles. The van der Waals surface area contributed by atoms with Gasteiger partial charge in [0.1, 0.15) is 0 Å². The number of hydrogen-bond donors (Lipinski definition) is 2. The fourth-order valence-corrected chi connectivity index (χ4v) is 4.52. The molecule has 0 spiro atoms. The number of nitrogens with one attached hydrogen (secondary N) is 2. The lowest BCUT2D eigenvalue weighted by atomic mass is 10.1. The summed E-state index contributed by atoms with van der Waals surface area (Å²) in [7, 11) is -3.45. The lowest BCUT2D eigenvalue weighted by molar-refractivity contribution is 0.252. The number of piperidine rings is 1. The van der Waals surface area contributed by atoms with Gasteiger partial charge in [-0.15, -0.1) is 0 Å². The van der Waals surface area contributed by atoms with E-state index in [0.717, 1.165) is 24.8 Å². The standard InChI is InChI=1S/C20H24N4O3S/c1-16(22-23-20(25)21-18-8-4-2-5-9-18)17-10-12-19(13-11-17)28(26,27)24-14-6-3-7-15-24/h2,4-5,8-13H,3,6-7,14-15H2,1H3,(H2,21,23,25)/b22-16-. The van der Waals surface area contributed by atoms with Gasteiger partial charge in [0, 0.05) is 18.8 Å². The number of carbonyl (C=O) groups is 1. The van der Waals surface area contributed by atoms with E-state index in [1.807, 2.05) is 18.2 Å². The van der Waals surface area contributed by atoms with Crippen molar-refractivity contribution in [2.75, 3.05) is 18.4 Å². The molecule has 1 fully saturated rings. The number of nitrogens with zero attached hydrogens (tertiary/aromatic N) is 2. The SMILES string of the molecule is C/C(=N/NC(=O)Nc1ccccc1)c1ccc(S(=O)(=O)N2CCCCC2)cc1. The van der Waals surface area contributed by atoms with Gasteiger partial charge in [-0.1, -0.05) is 36.8 Å². The third kappa shape index (κ3) is 4.96. The number of para-hydroxylation sites is 1. The minimum Gasteiger partial charge on any atom is -0.307 e. The minimum absolute atomic E-state index is 0.278. The average Bonchev–Trinajstić information content (AvgIpc) is 2.73. The summed E-state index contributed by atoms with van der Waals surface area (Å²) < 4.78 is 26.9. The summed E-state index contributed by atoms with van der Waals surface area (Å²) in [6.07, 6.45) is 2.88. The molecule has 1 saturated heterocycles. The van der Waals surface area contributed by atoms with Gasteiger partial charge in [-0.3, -0.25) is 0 Å². The number of rotatable bonds is 5. The monoisotopic (exact) mass is 400 g/mol. The maximum absolute atomic E-state index is 12.7. The molecule has 2 amide bonds. The molecule has 8 heteroatoms. The van der Waals surface area contributed by atoms with Crippen molar-refractivity contribution in [3.63, 3.8) is 0 Å². The van der Waals surface area contributed by atoms with Crippen molar-refractivity contribution in [1.82, 2.24) is 9.73 Å². The highest BCUT2D eigenvalue weighted by atomic mass is 32.2. The number of sulfonamides is 1. The first-order valence-corrected chi connectivity index (χ1v) is 10.7. The molecule has 1 heterocycles. The van der Waals surface area contributed by atoms with Crippen LogP contribution in [0.25, 0.3) is 0 Å². The van der Waals surface area contributed by atoms with E-state index in [1.165, 1.54) is 0 Å². The molecular formula is C20H24N4O3S. The van der Waals surface area contributed by atoms with Gasteiger partial charge in [-0.2, -0.15) is 9.41 Å². The van der Waals surface area contributed by atoms with Crippen LogP contribution in [-0.2, 0) is 10.0 Å². The highest BCUT2D eigenvalue weighted by Gasteiger charge is 2.25. The van der Waals surface area contributed by atoms with Gasteiger partial charge in [-0.25, -0.2) is 18.6 Å². The molecule has 0 bridgehead atoms. The molecule has 0 radical (unpaired) electrons. The summed E-state index contributed by atoms with van der Waals surface area (Å²) >= 11 is 0. The molecule has 2 aromatic rings. The molecule has 2 aromatic carbocycles. The first-order valence-electron chi connectivity index (χ1n) is 9.24. The van der Waals surface area contributed by atoms with Gasteiger partial charge in [-0.05, 0) is 49.6 Å². The zero-order valence-corrected chi connectivity index (χ0v) is 16.6. The summed E-state index contributed by atoms with van der Waals surface area (Å²) in [6.45, 7) is 2.90. The van der Waals surface area contributed by atoms with Crippen molar-refractivity contribution < 1.29 is 13.2 Å². The first-order chi connectivity index (χ1) is 13.5. The van der Waals surface area contributed by atoms with Gasteiger partial charge in [0.05, 0.1) is 10.6 Å². The average molecular weight is 401 g/mol. The minimum atomic E-state index is -3.45. The van der Waals surface area contributed by atoms with Crippen molar-refractivity contribution in [2.45, 2.75) is 31.1 Å². The van der Waals surface area contributed by atoms with Crippen LogP contribution in [0, 0.1) is 0 Å². The van der Waals surface area contributed by atoms with Gasteiger partial charge >= 0.3 is 6.03 Å². The van der Waals surface area contributed by atoms with E-state index in [1.54, 1.807) is 47.6 Å². The molecule has 1 aliphatic rings. The van der Waals surface area contributed by atoms with E-state index in [2.05, 4.69) is 15.8 Å². The lowest BCUT2D eigenvalue weighted by Gasteiger charge is -2.25. The summed E-state index contributed by atoms with van der Waals surface area (Å²) in [5.74, 6) is 0. The maximum Gasteiger partial charge on any atom is 0.339 e. The molecule has 2 N–H and O–H groups in total. The quantitative estimate of drug-likeness (QED) is 0.595. The topological polar surface area (TPSA) is 90.9 Å². The van der Waals surface area contributed by atoms with Crippen LogP contribution >= 0.6 is 0 Å². The number of amides is 2. The van der Waals surface area contributed by atoms with Crippen LogP contribution in [0.5, 0.6) is 0 Å². The Morgan fingerprint density at radius 1 is 0.964 bits per heavy atom. The lowest BCUT2D eigenvalue weighted by Crippen LogP contribution is -2.35. The fourth-order valence-electron chi connectivity index (χ4n) is 3.00. The number of hydrogen-bond acceptors (Lipinski definition) is 4. The van der Waals surface area contributed by atoms with E-state index in [0.29, 0.717) is 24.5 Å². The van der Waals surface area contributed by atoms with Crippen molar-refractivity contribution in [2.24, 2.45) is 5.10 Å². The fraction of sp³-hybridized carbons (Fsp3) is 0.300. The Hall–Kier alpha value is -2.71. The zero-order valence-electron chi connectivity index (χ0n) is 15.8. The molecule has 3 rings (SSSR count). The Morgan fingerprint density at radius 3 is 2.25 bits per heavy atom. The Morgan fingerprint density at radius 2 is 1.61 bits per heavy atom. The smallest absolute Gasteiger partial charge is 0.307 e. The van der Waals surface area contributed by atoms with Crippen LogP contribution in [0.3, 0.4) is 0 Å². The molecule has 1 aliphatic heterocycles. The maximum atomic E-state index is 12.7. The van der Waals surface area contributed by atoms with Crippen LogP contribution in [-0.4, -0.2) is 37.6 Å². The number of urea groups is 1. The molecule has 28 heavy (non-hydrogen) atoms. The first kappa shape index (κ1) is 20.0. The van der Waals surface area contributed by atoms with E-state index in [9.17, 15) is 13.2 Å². The van der Waals surface area contributed by atoms with Crippen LogP contribution in [0.15, 0.2) is 64.6 Å². The van der Waals surface area contributed by atoms with Crippen molar-refractivity contribution in [3.05, 3.63) is 60.2 Å². The van der Waals surface area contributed by atoms with Crippen LogP contribution in [0.4, 0.5) is 10.5 Å². The van der Waals surface area contributed by atoms with Crippen LogP contribution in [0.2, 0.25) is 0 Å². The molecule has 7 nitrogen and oxygen atoms in total. The van der Waals surface area contributed by atoms with Crippen LogP contribution < -0.4 is 10.7 Å². The summed E-state index contributed by atoms with van der Waals surface area (Å²) in [6, 6.07) is 15.2. The second kappa shape index (κ2) is 8.99. The number of anilines is 1. The zero-order chi connectivity index (χ0) is 20.0. The van der Waals surface area contributed by atoms with Gasteiger partial charge in [0.15, 0.2) is 0 Å². The van der Waals surface area contributed by atoms with Crippen molar-refractivity contribution in [1.29, 1.82) is 0 Å². The number of carbonyl (C=O) groups excluding carboxylic acids is 1. The third-order valence-electron chi connectivity index (χ3n) is 4.58. The Bertz CT molecular complexity index is 935. The van der Waals surface area contributed by atoms with Crippen LogP contribution in [0.1, 0.15) is 31.7 Å². The van der Waals surface area contributed by atoms with Crippen molar-refractivity contribution in [3.8, 4) is 0 Å². The number of hydrazone groups is 1. The van der Waals surface area contributed by atoms with E-state index in [-0.39, 0.29) is 4.90 Å². The Balaban J connectivity index is 1.63. The summed E-state index contributed by atoms with van der Waals surface area (Å²) in [4.78, 5) is 12.2. The third-order valence-corrected chi connectivity index (χ3v) is 6.49. The van der Waals surface area contributed by atoms with E-state index >= 15 is 0 Å². The molecule has 0 unspecified atom stereocenters. The summed E-state index contributed by atoms with van der Waals surface area (Å²) in [5.41, 5.74) is 4.41. The second-order valence-electron chi connectivity index (χ2n) is 6.62. The molecule has 0 atom stereocenters. The highest BCUT2D eigenvalue weighted by molar-refractivity contribution is 7.89. The molecular weight excluding hydrogens is 376 g/mol. The predicted molar refractivity (Wildman–Crippen MR) is 110 cm³/mol. The highest BCUT2D eigenvalue weighted by Crippen LogP contribution is 2.21. The summed E-state index contributed by atoms with van der Waals surface area (Å²) in [5, 5.41) is 6.74. The second-order valence-corrected chi connectivity index (χ2v) is 8.56. The predicted octanol–water partition coefficient (Wildman–Crippen LogP) is 3.41. The Kier molecular flexibility index (Phi) is 6.43. The van der Waals surface area contributed by atoms with E-state index < -0.39 is 16.1 Å². The van der Waals surface area contributed by atoms with Gasteiger partial charge in [0.2, 0.25) is 10.0 Å². The van der Waals surface area contributed by atoms with Gasteiger partial charge in [0.25, 0.3) is 0 Å². The molecule has 0 aliphatic carbocycles. The molecule has 148 valence electrons. The molecule has 0 aromatic heterocycles. The van der Waals surface area contributed by atoms with Gasteiger partial charge < -0.3 is 5.32 Å². The van der Waals surface area contributed by atoms with E-state index in [4.69, 9.17) is 0 Å². The Labute approximate surface area is 165 Å². The number of benzene rings is 2. The largest absolute Gasteiger partial charge is 0.339 e. The van der Waals surface area contributed by atoms with Crippen molar-refractivity contribution >= 4 is 27.5 Å². The normalized spacial score (nSPS) is 15.8.